The molecule has 0 aliphatic carbocycles. The SMILES string of the molecule is NC(Cc1ccc(O)cc1)C(=O)N1CCCC1C(=O)NC(Cc1ccc(O)cc1)C(=O)NC(Cc1cnc[nH]1)C(=O)O. The number of hydrogen-bond acceptors (Lipinski definition) is 8. The zero-order chi connectivity index (χ0) is 30.2. The van der Waals surface area contributed by atoms with Crippen molar-refractivity contribution >= 4 is 23.7 Å². The standard InChI is InChI=1S/C29H34N6O7/c30-22(12-17-3-7-20(36)8-4-17)28(40)35-11-1-2-25(35)27(39)33-23(13-18-5-9-21(37)10-6-18)26(38)34-24(29(41)42)14-19-15-31-16-32-19/h3-10,15-16,22-25,36-37H,1-2,11-14,30H2,(H,31,32)(H,33,39)(H,34,38)(H,41,42). The average molecular weight is 579 g/mol. The molecule has 2 heterocycles. The first-order valence-corrected chi connectivity index (χ1v) is 13.5. The lowest BCUT2D eigenvalue weighted by atomic mass is 10.0. The molecule has 3 aromatic rings. The van der Waals surface area contributed by atoms with Crippen molar-refractivity contribution in [3.63, 3.8) is 0 Å². The van der Waals surface area contributed by atoms with E-state index in [0.717, 1.165) is 5.56 Å². The van der Waals surface area contributed by atoms with Crippen LogP contribution >= 0.6 is 0 Å². The van der Waals surface area contributed by atoms with Gasteiger partial charge in [-0.05, 0) is 54.7 Å². The number of likely N-dealkylation sites (tertiary alicyclic amines) is 1. The number of nitrogens with zero attached hydrogens (tertiary/aromatic N) is 2. The monoisotopic (exact) mass is 578 g/mol. The third kappa shape index (κ3) is 7.85. The number of aromatic nitrogens is 2. The van der Waals surface area contributed by atoms with Crippen LogP contribution in [0.5, 0.6) is 11.5 Å². The fourth-order valence-corrected chi connectivity index (χ4v) is 4.92. The molecule has 0 bridgehead atoms. The van der Waals surface area contributed by atoms with Crippen molar-refractivity contribution < 1.29 is 34.5 Å². The van der Waals surface area contributed by atoms with E-state index in [4.69, 9.17) is 5.73 Å². The van der Waals surface area contributed by atoms with E-state index in [1.54, 1.807) is 24.3 Å². The van der Waals surface area contributed by atoms with E-state index in [2.05, 4.69) is 20.6 Å². The van der Waals surface area contributed by atoms with Crippen molar-refractivity contribution in [2.75, 3.05) is 6.54 Å². The Labute approximate surface area is 241 Å². The van der Waals surface area contributed by atoms with Crippen LogP contribution in [0.4, 0.5) is 0 Å². The van der Waals surface area contributed by atoms with E-state index >= 15 is 0 Å². The summed E-state index contributed by atoms with van der Waals surface area (Å²) >= 11 is 0. The summed E-state index contributed by atoms with van der Waals surface area (Å²) in [4.78, 5) is 60.1. The number of nitrogens with one attached hydrogen (secondary N) is 3. The number of carboxylic acid groups (broad SMARTS) is 1. The Balaban J connectivity index is 1.47. The lowest BCUT2D eigenvalue weighted by Gasteiger charge is -2.29. The van der Waals surface area contributed by atoms with Crippen molar-refractivity contribution in [2.45, 2.75) is 56.3 Å². The van der Waals surface area contributed by atoms with Gasteiger partial charge in [0.05, 0.1) is 12.4 Å². The summed E-state index contributed by atoms with van der Waals surface area (Å²) in [6.45, 7) is 0.320. The molecule has 1 saturated heterocycles. The van der Waals surface area contributed by atoms with Crippen LogP contribution in [-0.4, -0.2) is 84.6 Å². The summed E-state index contributed by atoms with van der Waals surface area (Å²) in [5.41, 5.74) is 8.07. The molecule has 3 amide bonds. The highest BCUT2D eigenvalue weighted by atomic mass is 16.4. The number of nitrogens with two attached hydrogens (primary N) is 1. The second-order valence-corrected chi connectivity index (χ2v) is 10.3. The van der Waals surface area contributed by atoms with Crippen LogP contribution in [-0.2, 0) is 38.4 Å². The van der Waals surface area contributed by atoms with Crippen molar-refractivity contribution in [3.05, 3.63) is 77.9 Å². The minimum absolute atomic E-state index is 0.00921. The predicted octanol–water partition coefficient (Wildman–Crippen LogP) is 0.221. The number of carbonyl (C=O) groups is 4. The van der Waals surface area contributed by atoms with Gasteiger partial charge in [0, 0.05) is 31.3 Å². The van der Waals surface area contributed by atoms with E-state index in [9.17, 15) is 34.5 Å². The van der Waals surface area contributed by atoms with Gasteiger partial charge in [-0.15, -0.1) is 0 Å². The van der Waals surface area contributed by atoms with Gasteiger partial charge in [0.15, 0.2) is 0 Å². The minimum Gasteiger partial charge on any atom is -0.508 e. The summed E-state index contributed by atoms with van der Waals surface area (Å²) in [5, 5.41) is 34.1. The number of aliphatic carboxylic acids is 1. The predicted molar refractivity (Wildman–Crippen MR) is 150 cm³/mol. The number of benzene rings is 2. The third-order valence-corrected chi connectivity index (χ3v) is 7.15. The maximum atomic E-state index is 13.5. The van der Waals surface area contributed by atoms with Crippen molar-refractivity contribution in [1.29, 1.82) is 0 Å². The summed E-state index contributed by atoms with van der Waals surface area (Å²) in [6, 6.07) is 8.16. The first-order valence-electron chi connectivity index (χ1n) is 13.5. The lowest BCUT2D eigenvalue weighted by molar-refractivity contribution is -0.143. The van der Waals surface area contributed by atoms with E-state index in [1.165, 1.54) is 41.7 Å². The van der Waals surface area contributed by atoms with Gasteiger partial charge in [0.25, 0.3) is 0 Å². The summed E-state index contributed by atoms with van der Waals surface area (Å²) in [5.74, 6) is -2.83. The first kappa shape index (κ1) is 30.1. The molecule has 42 heavy (non-hydrogen) atoms. The maximum Gasteiger partial charge on any atom is 0.326 e. The van der Waals surface area contributed by atoms with Gasteiger partial charge in [0.2, 0.25) is 17.7 Å². The Morgan fingerprint density at radius 1 is 0.929 bits per heavy atom. The number of amides is 3. The van der Waals surface area contributed by atoms with Crippen LogP contribution in [0.25, 0.3) is 0 Å². The van der Waals surface area contributed by atoms with Crippen LogP contribution in [0.15, 0.2) is 61.1 Å². The molecule has 222 valence electrons. The van der Waals surface area contributed by atoms with Gasteiger partial charge >= 0.3 is 5.97 Å². The Kier molecular flexibility index (Phi) is 9.76. The Morgan fingerprint density at radius 3 is 2.12 bits per heavy atom. The molecule has 13 heteroatoms. The van der Waals surface area contributed by atoms with Crippen LogP contribution in [0.1, 0.15) is 29.7 Å². The van der Waals surface area contributed by atoms with Crippen LogP contribution < -0.4 is 16.4 Å². The zero-order valence-electron chi connectivity index (χ0n) is 22.8. The van der Waals surface area contributed by atoms with Crippen molar-refractivity contribution in [1.82, 2.24) is 25.5 Å². The van der Waals surface area contributed by atoms with Gasteiger partial charge < -0.3 is 41.6 Å². The van der Waals surface area contributed by atoms with Gasteiger partial charge in [-0.3, -0.25) is 14.4 Å². The van der Waals surface area contributed by atoms with Crippen LogP contribution in [0.2, 0.25) is 0 Å². The highest BCUT2D eigenvalue weighted by Crippen LogP contribution is 2.20. The van der Waals surface area contributed by atoms with E-state index < -0.39 is 47.9 Å². The van der Waals surface area contributed by atoms with Gasteiger partial charge in [-0.1, -0.05) is 24.3 Å². The molecule has 4 unspecified atom stereocenters. The van der Waals surface area contributed by atoms with Crippen LogP contribution in [0, 0.1) is 0 Å². The number of aromatic amines is 1. The molecule has 0 radical (unpaired) electrons. The molecule has 4 rings (SSSR count). The maximum absolute atomic E-state index is 13.5. The number of aromatic hydroxyl groups is 2. The fraction of sp³-hybridized carbons (Fsp3) is 0.345. The molecule has 0 saturated carbocycles. The highest BCUT2D eigenvalue weighted by molar-refractivity contribution is 5.94. The van der Waals surface area contributed by atoms with Gasteiger partial charge in [-0.2, -0.15) is 0 Å². The zero-order valence-corrected chi connectivity index (χ0v) is 22.8. The normalized spacial score (nSPS) is 16.8. The number of carbonyl (C=O) groups excluding carboxylic acids is 3. The number of phenolic OH excluding ortho intramolecular Hbond substituents is 2. The van der Waals surface area contributed by atoms with Crippen molar-refractivity contribution in [2.24, 2.45) is 5.73 Å². The molecule has 4 atom stereocenters. The highest BCUT2D eigenvalue weighted by Gasteiger charge is 2.38. The van der Waals surface area contributed by atoms with Gasteiger partial charge in [0.1, 0.15) is 29.6 Å². The number of hydrogen-bond donors (Lipinski definition) is 7. The first-order chi connectivity index (χ1) is 20.1. The fourth-order valence-electron chi connectivity index (χ4n) is 4.92. The molecule has 2 aromatic carbocycles. The molecule has 0 spiro atoms. The number of carboxylic acids is 1. The van der Waals surface area contributed by atoms with Crippen LogP contribution in [0.3, 0.4) is 0 Å². The topological polar surface area (TPSA) is 211 Å². The Hall–Kier alpha value is -4.91. The summed E-state index contributed by atoms with van der Waals surface area (Å²) in [7, 11) is 0. The minimum atomic E-state index is -1.29. The van der Waals surface area contributed by atoms with E-state index in [1.807, 2.05) is 0 Å². The van der Waals surface area contributed by atoms with Gasteiger partial charge in [-0.25, -0.2) is 9.78 Å². The smallest absolute Gasteiger partial charge is 0.326 e. The molecular weight excluding hydrogens is 544 g/mol. The number of H-pyrrole nitrogens is 1. The van der Waals surface area contributed by atoms with E-state index in [-0.39, 0.29) is 30.8 Å². The molecular formula is C29H34N6O7. The van der Waals surface area contributed by atoms with E-state index in [0.29, 0.717) is 30.6 Å². The summed E-state index contributed by atoms with van der Waals surface area (Å²) < 4.78 is 0. The molecule has 13 nitrogen and oxygen atoms in total. The number of phenols is 2. The largest absolute Gasteiger partial charge is 0.508 e. The number of rotatable bonds is 12. The molecule has 1 aliphatic heterocycles. The quantitative estimate of drug-likeness (QED) is 0.156. The Morgan fingerprint density at radius 2 is 1.55 bits per heavy atom. The molecule has 1 fully saturated rings. The molecule has 8 N–H and O–H groups in total. The summed E-state index contributed by atoms with van der Waals surface area (Å²) in [6.07, 6.45) is 3.96. The second-order valence-electron chi connectivity index (χ2n) is 10.3. The van der Waals surface area contributed by atoms with Crippen molar-refractivity contribution in [3.8, 4) is 11.5 Å². The Bertz CT molecular complexity index is 1380. The lowest BCUT2D eigenvalue weighted by Crippen LogP contribution is -2.57. The third-order valence-electron chi connectivity index (χ3n) is 7.15. The number of imidazole rings is 1. The molecule has 1 aliphatic rings. The molecule has 1 aromatic heterocycles. The second kappa shape index (κ2) is 13.6. The average Bonchev–Trinajstić information content (AvgIpc) is 3.67.